The van der Waals surface area contributed by atoms with Crippen molar-refractivity contribution < 1.29 is 14.9 Å². The zero-order valence-corrected chi connectivity index (χ0v) is 13.3. The van der Waals surface area contributed by atoms with Gasteiger partial charge in [-0.3, -0.25) is 0 Å². The summed E-state index contributed by atoms with van der Waals surface area (Å²) in [6, 6.07) is 13.1. The molecule has 2 N–H and O–H groups in total. The summed E-state index contributed by atoms with van der Waals surface area (Å²) in [5.41, 5.74) is 2.19. The maximum atomic E-state index is 9.22. The lowest BCUT2D eigenvalue weighted by Gasteiger charge is -2.06. The molecule has 0 aliphatic carbocycles. The van der Waals surface area contributed by atoms with Crippen molar-refractivity contribution in [2.75, 3.05) is 13.2 Å². The minimum Gasteiger partial charge on any atom is -0.508 e. The van der Waals surface area contributed by atoms with Crippen LogP contribution in [0.25, 0.3) is 0 Å². The molecule has 0 aromatic heterocycles. The van der Waals surface area contributed by atoms with Crippen LogP contribution in [0.1, 0.15) is 17.5 Å². The average molecular weight is 306 g/mol. The molecule has 0 bridgehead atoms. The molecule has 21 heavy (non-hydrogen) atoms. The quantitative estimate of drug-likeness (QED) is 0.595. The zero-order valence-electron chi connectivity index (χ0n) is 12.4. The van der Waals surface area contributed by atoms with E-state index in [4.69, 9.17) is 9.84 Å². The van der Waals surface area contributed by atoms with Crippen molar-refractivity contribution >= 4 is 12.6 Å². The van der Waals surface area contributed by atoms with Crippen molar-refractivity contribution in [2.45, 2.75) is 25.2 Å². The van der Waals surface area contributed by atoms with Gasteiger partial charge in [0.1, 0.15) is 11.5 Å². The SMILES string of the molecule is Cc1cc(O)cc(OCCCO)c1.Cc1ccccc1S. The Morgan fingerprint density at radius 1 is 1.10 bits per heavy atom. The molecule has 2 aromatic rings. The first kappa shape index (κ1) is 17.4. The van der Waals surface area contributed by atoms with Crippen LogP contribution in [0.4, 0.5) is 0 Å². The molecule has 0 heterocycles. The van der Waals surface area contributed by atoms with E-state index in [0.717, 1.165) is 10.5 Å². The normalized spacial score (nSPS) is 9.71. The molecule has 4 heteroatoms. The smallest absolute Gasteiger partial charge is 0.123 e. The van der Waals surface area contributed by atoms with Crippen molar-refractivity contribution in [3.8, 4) is 11.5 Å². The van der Waals surface area contributed by atoms with Gasteiger partial charge in [0.2, 0.25) is 0 Å². The van der Waals surface area contributed by atoms with Crippen LogP contribution in [0.3, 0.4) is 0 Å². The molecule has 0 atom stereocenters. The molecule has 114 valence electrons. The van der Waals surface area contributed by atoms with Gasteiger partial charge in [0.05, 0.1) is 6.61 Å². The minimum atomic E-state index is 0.123. The van der Waals surface area contributed by atoms with Gasteiger partial charge in [-0.1, -0.05) is 18.2 Å². The standard InChI is InChI=1S/C10H14O3.C7H8S/c1-8-5-9(12)7-10(6-8)13-4-2-3-11;1-6-4-2-3-5-7(6)8/h5-7,11-12H,2-4H2,1H3;2-5,8H,1H3. The monoisotopic (exact) mass is 306 g/mol. The molecule has 0 saturated carbocycles. The number of ether oxygens (including phenoxy) is 1. The highest BCUT2D eigenvalue weighted by atomic mass is 32.1. The number of phenolic OH excluding ortho intramolecular Hbond substituents is 1. The van der Waals surface area contributed by atoms with Gasteiger partial charge in [-0.25, -0.2) is 0 Å². The Balaban J connectivity index is 0.000000235. The van der Waals surface area contributed by atoms with Crippen molar-refractivity contribution in [1.82, 2.24) is 0 Å². The maximum Gasteiger partial charge on any atom is 0.123 e. The molecule has 0 amide bonds. The van der Waals surface area contributed by atoms with Crippen LogP contribution in [0, 0.1) is 13.8 Å². The zero-order chi connectivity index (χ0) is 15.7. The van der Waals surface area contributed by atoms with Crippen LogP contribution in [-0.2, 0) is 0 Å². The fraction of sp³-hybridized carbons (Fsp3) is 0.294. The van der Waals surface area contributed by atoms with Crippen LogP contribution in [0.15, 0.2) is 47.4 Å². The van der Waals surface area contributed by atoms with E-state index < -0.39 is 0 Å². The first-order valence-corrected chi connectivity index (χ1v) is 7.26. The number of rotatable bonds is 4. The number of hydrogen-bond acceptors (Lipinski definition) is 4. The highest BCUT2D eigenvalue weighted by molar-refractivity contribution is 7.80. The van der Waals surface area contributed by atoms with Gasteiger partial charge in [0.25, 0.3) is 0 Å². The van der Waals surface area contributed by atoms with Crippen LogP contribution in [-0.4, -0.2) is 23.4 Å². The number of aryl methyl sites for hydroxylation is 2. The maximum absolute atomic E-state index is 9.22. The van der Waals surface area contributed by atoms with E-state index >= 15 is 0 Å². The summed E-state index contributed by atoms with van der Waals surface area (Å²) < 4.78 is 5.29. The second-order valence-corrected chi connectivity index (χ2v) is 5.20. The molecule has 0 aliphatic heterocycles. The first-order chi connectivity index (χ1) is 10.0. The number of hydrogen-bond donors (Lipinski definition) is 3. The number of aliphatic hydroxyl groups is 1. The fourth-order valence-corrected chi connectivity index (χ4v) is 1.79. The Morgan fingerprint density at radius 2 is 1.81 bits per heavy atom. The van der Waals surface area contributed by atoms with Crippen molar-refractivity contribution in [3.05, 3.63) is 53.6 Å². The van der Waals surface area contributed by atoms with Gasteiger partial charge in [0.15, 0.2) is 0 Å². The molecular weight excluding hydrogens is 284 g/mol. The topological polar surface area (TPSA) is 49.7 Å². The lowest BCUT2D eigenvalue weighted by molar-refractivity contribution is 0.233. The fourth-order valence-electron chi connectivity index (χ4n) is 1.63. The predicted molar refractivity (Wildman–Crippen MR) is 88.5 cm³/mol. The van der Waals surface area contributed by atoms with E-state index in [0.29, 0.717) is 18.8 Å². The molecule has 0 radical (unpaired) electrons. The van der Waals surface area contributed by atoms with Crippen LogP contribution >= 0.6 is 12.6 Å². The summed E-state index contributed by atoms with van der Waals surface area (Å²) >= 11 is 4.20. The third-order valence-corrected chi connectivity index (χ3v) is 3.22. The number of aliphatic hydroxyl groups excluding tert-OH is 1. The van der Waals surface area contributed by atoms with Gasteiger partial charge >= 0.3 is 0 Å². The molecule has 0 fully saturated rings. The van der Waals surface area contributed by atoms with E-state index in [-0.39, 0.29) is 12.4 Å². The van der Waals surface area contributed by atoms with E-state index in [9.17, 15) is 5.11 Å². The number of thiol groups is 1. The van der Waals surface area contributed by atoms with Crippen molar-refractivity contribution in [2.24, 2.45) is 0 Å². The molecule has 3 nitrogen and oxygen atoms in total. The molecule has 2 aromatic carbocycles. The van der Waals surface area contributed by atoms with Gasteiger partial charge in [-0.05, 0) is 43.2 Å². The van der Waals surface area contributed by atoms with Crippen molar-refractivity contribution in [1.29, 1.82) is 0 Å². The summed E-state index contributed by atoms with van der Waals surface area (Å²) in [7, 11) is 0. The number of aromatic hydroxyl groups is 1. The van der Waals surface area contributed by atoms with Crippen molar-refractivity contribution in [3.63, 3.8) is 0 Å². The predicted octanol–water partition coefficient (Wildman–Crippen LogP) is 3.75. The second kappa shape index (κ2) is 9.32. The minimum absolute atomic E-state index is 0.123. The number of phenols is 1. The molecule has 2 rings (SSSR count). The van der Waals surface area contributed by atoms with Crippen LogP contribution < -0.4 is 4.74 Å². The number of benzene rings is 2. The Kier molecular flexibility index (Phi) is 7.72. The third-order valence-electron chi connectivity index (χ3n) is 2.72. The Bertz CT molecular complexity index is 514. The highest BCUT2D eigenvalue weighted by Gasteiger charge is 1.97. The first-order valence-electron chi connectivity index (χ1n) is 6.82. The Morgan fingerprint density at radius 3 is 2.33 bits per heavy atom. The molecule has 0 spiro atoms. The van der Waals surface area contributed by atoms with Gasteiger partial charge < -0.3 is 14.9 Å². The molecular formula is C17H22O3S. The summed E-state index contributed by atoms with van der Waals surface area (Å²) in [4.78, 5) is 1.06. The lowest BCUT2D eigenvalue weighted by atomic mass is 10.2. The van der Waals surface area contributed by atoms with Gasteiger partial charge in [-0.15, -0.1) is 12.6 Å². The average Bonchev–Trinajstić information content (AvgIpc) is 2.42. The van der Waals surface area contributed by atoms with E-state index in [1.807, 2.05) is 44.2 Å². The van der Waals surface area contributed by atoms with E-state index in [1.54, 1.807) is 12.1 Å². The second-order valence-electron chi connectivity index (χ2n) is 4.72. The van der Waals surface area contributed by atoms with Gasteiger partial charge in [0, 0.05) is 24.0 Å². The summed E-state index contributed by atoms with van der Waals surface area (Å²) in [6.07, 6.45) is 0.606. The Hall–Kier alpha value is -1.65. The highest BCUT2D eigenvalue weighted by Crippen LogP contribution is 2.21. The summed E-state index contributed by atoms with van der Waals surface area (Å²) in [5, 5.41) is 17.7. The summed E-state index contributed by atoms with van der Waals surface area (Å²) in [6.45, 7) is 4.53. The molecule has 0 saturated heterocycles. The largest absolute Gasteiger partial charge is 0.508 e. The van der Waals surface area contributed by atoms with E-state index in [2.05, 4.69) is 12.6 Å². The lowest BCUT2D eigenvalue weighted by Crippen LogP contribution is -1.99. The van der Waals surface area contributed by atoms with E-state index in [1.165, 1.54) is 5.56 Å². The van der Waals surface area contributed by atoms with Gasteiger partial charge in [-0.2, -0.15) is 0 Å². The Labute approximate surface area is 131 Å². The third kappa shape index (κ3) is 7.06. The van der Waals surface area contributed by atoms with Crippen LogP contribution in [0.5, 0.6) is 11.5 Å². The molecule has 0 aliphatic rings. The summed E-state index contributed by atoms with van der Waals surface area (Å²) in [5.74, 6) is 0.852. The van der Waals surface area contributed by atoms with Crippen LogP contribution in [0.2, 0.25) is 0 Å². The molecule has 0 unspecified atom stereocenters.